The summed E-state index contributed by atoms with van der Waals surface area (Å²) >= 11 is -2.93. The zero-order chi connectivity index (χ0) is 34.7. The van der Waals surface area contributed by atoms with Crippen molar-refractivity contribution in [3.63, 3.8) is 0 Å². The van der Waals surface area contributed by atoms with Gasteiger partial charge in [-0.15, -0.1) is 0 Å². The molecular formula is C50H50Cl2Zr. The van der Waals surface area contributed by atoms with Gasteiger partial charge in [-0.1, -0.05) is 0 Å². The number of fused-ring (bicyclic) bond motifs is 4. The molecule has 2 unspecified atom stereocenters. The minimum atomic E-state index is -2.93. The third-order valence-corrected chi connectivity index (χ3v) is 25.7. The Bertz CT molecular complexity index is 2220. The molecule has 0 saturated carbocycles. The summed E-state index contributed by atoms with van der Waals surface area (Å²) < 4.78 is 4.34. The summed E-state index contributed by atoms with van der Waals surface area (Å²) in [6, 6.07) is 41.6. The summed E-state index contributed by atoms with van der Waals surface area (Å²) in [4.78, 5) is 0. The van der Waals surface area contributed by atoms with Crippen LogP contribution in [0, 0.1) is 13.8 Å². The van der Waals surface area contributed by atoms with Crippen LogP contribution in [0.5, 0.6) is 0 Å². The summed E-state index contributed by atoms with van der Waals surface area (Å²) in [6.07, 6.45) is 13.0. The van der Waals surface area contributed by atoms with E-state index in [9.17, 15) is 0 Å². The van der Waals surface area contributed by atoms with Crippen molar-refractivity contribution >= 4 is 33.7 Å². The van der Waals surface area contributed by atoms with Crippen LogP contribution in [0.3, 0.4) is 0 Å². The third-order valence-electron chi connectivity index (χ3n) is 12.8. The molecule has 6 aromatic rings. The van der Waals surface area contributed by atoms with Gasteiger partial charge in [-0.25, -0.2) is 0 Å². The predicted octanol–water partition coefficient (Wildman–Crippen LogP) is 8.91. The van der Waals surface area contributed by atoms with Gasteiger partial charge < -0.3 is 24.8 Å². The second-order valence-electron chi connectivity index (χ2n) is 15.8. The first-order chi connectivity index (χ1) is 25.0. The van der Waals surface area contributed by atoms with Crippen molar-refractivity contribution in [2.75, 3.05) is 0 Å². The number of rotatable bonds is 10. The van der Waals surface area contributed by atoms with Crippen molar-refractivity contribution in [1.29, 1.82) is 0 Å². The summed E-state index contributed by atoms with van der Waals surface area (Å²) in [5.74, 6) is 0. The Morgan fingerprint density at radius 3 is 1.32 bits per heavy atom. The minimum Gasteiger partial charge on any atom is -1.00 e. The molecule has 0 aromatic heterocycles. The first-order valence-corrected chi connectivity index (χ1v) is 26.0. The molecule has 1 heterocycles. The number of hydrogen-bond acceptors (Lipinski definition) is 0. The van der Waals surface area contributed by atoms with E-state index >= 15 is 0 Å². The molecule has 0 amide bonds. The standard InChI is InChI=1S/2C24H23.C2H4.2ClH.Zr/c2*1-3-4-8-18-15-23-17(2)13-14-22(24(23)16-18)21-12-7-10-19-9-5-6-11-20(19)21;1-2;;;/h2*5-7,9-16H,3-4,8H2,1-2H3;1-2H2;2*1H;/q;;;;;+2/p-2. The maximum atomic E-state index is 2.72. The van der Waals surface area contributed by atoms with E-state index in [0.717, 1.165) is 0 Å². The molecule has 6 aromatic carbocycles. The Balaban J connectivity index is 0.00000218. The number of hydrogen-bond donors (Lipinski definition) is 0. The fraction of sp³-hybridized carbons (Fsp3) is 0.280. The maximum absolute atomic E-state index is 2.93. The Kier molecular flexibility index (Phi) is 11.1. The summed E-state index contributed by atoms with van der Waals surface area (Å²) in [5.41, 5.74) is 18.8. The van der Waals surface area contributed by atoms with Crippen LogP contribution in [-0.2, 0) is 20.3 Å². The zero-order valence-corrected chi connectivity index (χ0v) is 35.6. The summed E-state index contributed by atoms with van der Waals surface area (Å²) in [6.45, 7) is 9.60. The summed E-state index contributed by atoms with van der Waals surface area (Å²) in [5, 5.41) is 5.40. The Morgan fingerprint density at radius 1 is 0.491 bits per heavy atom. The molecule has 0 bridgehead atoms. The Morgan fingerprint density at radius 2 is 0.906 bits per heavy atom. The topological polar surface area (TPSA) is 0 Å². The minimum absolute atomic E-state index is 0. The first kappa shape index (κ1) is 38.1. The fourth-order valence-corrected chi connectivity index (χ4v) is 28.3. The van der Waals surface area contributed by atoms with Crippen LogP contribution in [0.25, 0.3) is 56.0 Å². The van der Waals surface area contributed by atoms with Gasteiger partial charge in [-0.2, -0.15) is 0 Å². The molecule has 1 aliphatic heterocycles. The molecule has 0 spiro atoms. The second kappa shape index (κ2) is 15.5. The number of allylic oxidation sites excluding steroid dienone is 2. The average molecular weight is 813 g/mol. The van der Waals surface area contributed by atoms with Crippen LogP contribution in [0.1, 0.15) is 93.0 Å². The summed E-state index contributed by atoms with van der Waals surface area (Å²) in [7, 11) is 0. The molecule has 1 saturated heterocycles. The van der Waals surface area contributed by atoms with Gasteiger partial charge in [0.25, 0.3) is 0 Å². The van der Waals surface area contributed by atoms with E-state index < -0.39 is 20.3 Å². The van der Waals surface area contributed by atoms with Gasteiger partial charge in [-0.3, -0.25) is 0 Å². The van der Waals surface area contributed by atoms with Crippen molar-refractivity contribution in [2.45, 2.75) is 81.7 Å². The van der Waals surface area contributed by atoms with E-state index in [-0.39, 0.29) is 24.8 Å². The van der Waals surface area contributed by atoms with Gasteiger partial charge in [0.05, 0.1) is 0 Å². The molecule has 0 N–H and O–H groups in total. The van der Waals surface area contributed by atoms with Crippen molar-refractivity contribution in [2.24, 2.45) is 0 Å². The number of halogens is 2. The molecule has 3 heteroatoms. The largest absolute Gasteiger partial charge is 1.00 e. The molecule has 2 atom stereocenters. The molecule has 2 aliphatic carbocycles. The van der Waals surface area contributed by atoms with Gasteiger partial charge in [0.15, 0.2) is 0 Å². The van der Waals surface area contributed by atoms with E-state index in [1.54, 1.807) is 33.4 Å². The van der Waals surface area contributed by atoms with E-state index in [2.05, 4.69) is 149 Å². The molecule has 1 fully saturated rings. The fourth-order valence-electron chi connectivity index (χ4n) is 10.3. The normalized spacial score (nSPS) is 17.2. The third kappa shape index (κ3) is 6.34. The quantitative estimate of drug-likeness (QED) is 0.130. The molecule has 53 heavy (non-hydrogen) atoms. The maximum Gasteiger partial charge on any atom is -1.00 e. The average Bonchev–Trinajstić information content (AvgIpc) is 3.69. The second-order valence-corrected chi connectivity index (χ2v) is 27.2. The van der Waals surface area contributed by atoms with Crippen LogP contribution in [0.4, 0.5) is 0 Å². The van der Waals surface area contributed by atoms with E-state index in [1.165, 1.54) is 102 Å². The van der Waals surface area contributed by atoms with Gasteiger partial charge in [0.1, 0.15) is 0 Å². The molecule has 3 aliphatic rings. The smallest absolute Gasteiger partial charge is 1.00 e. The van der Waals surface area contributed by atoms with Crippen LogP contribution < -0.4 is 24.8 Å². The van der Waals surface area contributed by atoms with Crippen LogP contribution >= 0.6 is 0 Å². The molecular weight excluding hydrogens is 763 g/mol. The Labute approximate surface area is 334 Å². The van der Waals surface area contributed by atoms with Crippen molar-refractivity contribution in [3.05, 3.63) is 154 Å². The van der Waals surface area contributed by atoms with Gasteiger partial charge >= 0.3 is 312 Å². The van der Waals surface area contributed by atoms with Crippen LogP contribution in [0.2, 0.25) is 8.26 Å². The van der Waals surface area contributed by atoms with Crippen LogP contribution in [-0.4, -0.2) is 0 Å². The molecule has 0 radical (unpaired) electrons. The molecule has 9 rings (SSSR count). The number of aryl methyl sites for hydroxylation is 2. The molecule has 268 valence electrons. The molecule has 0 nitrogen and oxygen atoms in total. The number of benzene rings is 6. The van der Waals surface area contributed by atoms with E-state index in [4.69, 9.17) is 0 Å². The van der Waals surface area contributed by atoms with E-state index in [1.807, 2.05) is 0 Å². The first-order valence-electron chi connectivity index (χ1n) is 19.7. The predicted molar refractivity (Wildman–Crippen MR) is 218 cm³/mol. The van der Waals surface area contributed by atoms with Crippen molar-refractivity contribution in [1.82, 2.24) is 0 Å². The van der Waals surface area contributed by atoms with Gasteiger partial charge in [0, 0.05) is 0 Å². The monoisotopic (exact) mass is 810 g/mol. The van der Waals surface area contributed by atoms with Crippen molar-refractivity contribution < 1.29 is 45.1 Å². The van der Waals surface area contributed by atoms with Gasteiger partial charge in [-0.05, 0) is 0 Å². The van der Waals surface area contributed by atoms with Crippen LogP contribution in [0.15, 0.2) is 120 Å². The van der Waals surface area contributed by atoms with E-state index in [0.29, 0.717) is 7.25 Å². The van der Waals surface area contributed by atoms with Crippen molar-refractivity contribution in [3.8, 4) is 22.3 Å². The SMILES string of the molecule is CCCCC1=Cc2c(-c3cccc4ccccc34)ccc(C)c2[CH]1[Zr+2]1([CH]2C(CCCC)=Cc3c(-c4cccc5ccccc45)ccc(C)c32)[CH2][CH2]1.[Cl-].[Cl-]. The van der Waals surface area contributed by atoms with Gasteiger partial charge in [0.2, 0.25) is 0 Å². The number of unbranched alkanes of at least 4 members (excludes halogenated alkanes) is 2. The Hall–Kier alpha value is -3.22. The zero-order valence-electron chi connectivity index (χ0n) is 31.6.